The van der Waals surface area contributed by atoms with Crippen LogP contribution in [0.1, 0.15) is 26.3 Å². The lowest BCUT2D eigenvalue weighted by Crippen LogP contribution is -2.14. The molecule has 0 aromatic heterocycles. The molecule has 0 atom stereocenters. The fourth-order valence-corrected chi connectivity index (χ4v) is 1.31. The molecule has 1 rings (SSSR count). The molecule has 0 aliphatic carbocycles. The second-order valence-electron chi connectivity index (χ2n) is 3.85. The summed E-state index contributed by atoms with van der Waals surface area (Å²) in [7, 11) is 0. The molecule has 0 amide bonds. The topological polar surface area (TPSA) is 20.2 Å². The minimum absolute atomic E-state index is 0.736. The van der Waals surface area contributed by atoms with Crippen LogP contribution in [0.3, 0.4) is 0 Å². The molecular formula is C12H16O. The van der Waals surface area contributed by atoms with E-state index >= 15 is 0 Å². The van der Waals surface area contributed by atoms with Crippen molar-refractivity contribution in [1.82, 2.24) is 0 Å². The SMILES string of the molecule is CC(=CC(C)(C)O)c1ccccc1. The van der Waals surface area contributed by atoms with Gasteiger partial charge >= 0.3 is 0 Å². The van der Waals surface area contributed by atoms with Crippen molar-refractivity contribution in [2.24, 2.45) is 0 Å². The van der Waals surface area contributed by atoms with Crippen molar-refractivity contribution < 1.29 is 5.11 Å². The summed E-state index contributed by atoms with van der Waals surface area (Å²) in [6, 6.07) is 10.1. The summed E-state index contributed by atoms with van der Waals surface area (Å²) in [5.74, 6) is 0. The van der Waals surface area contributed by atoms with Crippen LogP contribution in [0.4, 0.5) is 0 Å². The molecule has 70 valence electrons. The fourth-order valence-electron chi connectivity index (χ4n) is 1.31. The number of hydrogen-bond donors (Lipinski definition) is 1. The summed E-state index contributed by atoms with van der Waals surface area (Å²) in [6.45, 7) is 5.56. The van der Waals surface area contributed by atoms with Gasteiger partial charge in [-0.3, -0.25) is 0 Å². The van der Waals surface area contributed by atoms with Crippen LogP contribution in [0.2, 0.25) is 0 Å². The maximum atomic E-state index is 9.57. The average molecular weight is 176 g/mol. The highest BCUT2D eigenvalue weighted by Crippen LogP contribution is 2.17. The molecule has 0 saturated heterocycles. The first-order valence-electron chi connectivity index (χ1n) is 4.46. The van der Waals surface area contributed by atoms with Crippen molar-refractivity contribution in [3.05, 3.63) is 42.0 Å². The standard InChI is InChI=1S/C12H16O/c1-10(9-12(2,3)13)11-7-5-4-6-8-11/h4-9,13H,1-3H3. The van der Waals surface area contributed by atoms with Crippen molar-refractivity contribution in [2.45, 2.75) is 26.4 Å². The summed E-state index contributed by atoms with van der Waals surface area (Å²) < 4.78 is 0. The van der Waals surface area contributed by atoms with E-state index in [-0.39, 0.29) is 0 Å². The van der Waals surface area contributed by atoms with Crippen LogP contribution in [-0.4, -0.2) is 10.7 Å². The van der Waals surface area contributed by atoms with Gasteiger partial charge < -0.3 is 5.11 Å². The highest BCUT2D eigenvalue weighted by atomic mass is 16.3. The molecule has 1 nitrogen and oxygen atoms in total. The van der Waals surface area contributed by atoms with Gasteiger partial charge in [-0.1, -0.05) is 36.4 Å². The molecule has 0 aliphatic rings. The largest absolute Gasteiger partial charge is 0.386 e. The summed E-state index contributed by atoms with van der Waals surface area (Å²) in [6.07, 6.45) is 1.86. The molecule has 1 aromatic carbocycles. The molecule has 1 heteroatoms. The molecule has 0 aliphatic heterocycles. The second-order valence-corrected chi connectivity index (χ2v) is 3.85. The first-order chi connectivity index (χ1) is 5.99. The van der Waals surface area contributed by atoms with E-state index in [2.05, 4.69) is 0 Å². The molecule has 0 unspecified atom stereocenters. The molecule has 0 bridgehead atoms. The Morgan fingerprint density at radius 2 is 1.77 bits per heavy atom. The number of hydrogen-bond acceptors (Lipinski definition) is 1. The lowest BCUT2D eigenvalue weighted by Gasteiger charge is -2.13. The van der Waals surface area contributed by atoms with Crippen LogP contribution >= 0.6 is 0 Å². The van der Waals surface area contributed by atoms with Crippen molar-refractivity contribution in [3.8, 4) is 0 Å². The predicted molar refractivity (Wildman–Crippen MR) is 56.4 cm³/mol. The van der Waals surface area contributed by atoms with Crippen LogP contribution in [0.15, 0.2) is 36.4 Å². The molecule has 0 heterocycles. The molecule has 1 N–H and O–H groups in total. The minimum Gasteiger partial charge on any atom is -0.386 e. The lowest BCUT2D eigenvalue weighted by atomic mass is 10.0. The number of rotatable bonds is 2. The van der Waals surface area contributed by atoms with Crippen molar-refractivity contribution >= 4 is 5.57 Å². The quantitative estimate of drug-likeness (QED) is 0.734. The van der Waals surface area contributed by atoms with Crippen LogP contribution in [0.5, 0.6) is 0 Å². The van der Waals surface area contributed by atoms with E-state index in [1.807, 2.05) is 43.3 Å². The van der Waals surface area contributed by atoms with Gasteiger partial charge in [-0.2, -0.15) is 0 Å². The first kappa shape index (κ1) is 10.0. The summed E-state index contributed by atoms with van der Waals surface area (Å²) in [4.78, 5) is 0. The van der Waals surface area contributed by atoms with E-state index in [1.54, 1.807) is 13.8 Å². The molecule has 0 saturated carbocycles. The Morgan fingerprint density at radius 1 is 1.23 bits per heavy atom. The smallest absolute Gasteiger partial charge is 0.0777 e. The lowest BCUT2D eigenvalue weighted by molar-refractivity contribution is 0.133. The van der Waals surface area contributed by atoms with Gasteiger partial charge in [-0.25, -0.2) is 0 Å². The maximum absolute atomic E-state index is 9.57. The number of allylic oxidation sites excluding steroid dienone is 1. The van der Waals surface area contributed by atoms with Gasteiger partial charge in [0.25, 0.3) is 0 Å². The van der Waals surface area contributed by atoms with E-state index in [0.29, 0.717) is 0 Å². The number of benzene rings is 1. The van der Waals surface area contributed by atoms with Crippen molar-refractivity contribution in [3.63, 3.8) is 0 Å². The molecule has 0 radical (unpaired) electrons. The Kier molecular flexibility index (Phi) is 2.89. The third-order valence-corrected chi connectivity index (χ3v) is 1.80. The third-order valence-electron chi connectivity index (χ3n) is 1.80. The Labute approximate surface area is 79.7 Å². The van der Waals surface area contributed by atoms with Gasteiger partial charge in [-0.15, -0.1) is 0 Å². The molecule has 13 heavy (non-hydrogen) atoms. The van der Waals surface area contributed by atoms with Gasteiger partial charge in [0.1, 0.15) is 0 Å². The predicted octanol–water partition coefficient (Wildman–Crippen LogP) is 2.86. The van der Waals surface area contributed by atoms with Crippen LogP contribution < -0.4 is 0 Å². The Bertz CT molecular complexity index is 291. The van der Waals surface area contributed by atoms with Gasteiger partial charge in [0.2, 0.25) is 0 Å². The van der Waals surface area contributed by atoms with Gasteiger partial charge in [0.15, 0.2) is 0 Å². The van der Waals surface area contributed by atoms with Crippen LogP contribution in [0.25, 0.3) is 5.57 Å². The van der Waals surface area contributed by atoms with E-state index in [9.17, 15) is 5.11 Å². The summed E-state index contributed by atoms with van der Waals surface area (Å²) in [5.41, 5.74) is 1.53. The fraction of sp³-hybridized carbons (Fsp3) is 0.333. The zero-order valence-corrected chi connectivity index (χ0v) is 8.41. The van der Waals surface area contributed by atoms with E-state index in [0.717, 1.165) is 11.1 Å². The van der Waals surface area contributed by atoms with Crippen LogP contribution in [0, 0.1) is 0 Å². The monoisotopic (exact) mass is 176 g/mol. The molecule has 0 fully saturated rings. The minimum atomic E-state index is -0.736. The van der Waals surface area contributed by atoms with E-state index < -0.39 is 5.60 Å². The average Bonchev–Trinajstić information content (AvgIpc) is 2.03. The Balaban J connectivity index is 2.92. The normalized spacial score (nSPS) is 13.1. The first-order valence-corrected chi connectivity index (χ1v) is 4.46. The zero-order valence-electron chi connectivity index (χ0n) is 8.41. The van der Waals surface area contributed by atoms with E-state index in [1.165, 1.54) is 0 Å². The van der Waals surface area contributed by atoms with Crippen molar-refractivity contribution in [2.75, 3.05) is 0 Å². The van der Waals surface area contributed by atoms with Crippen LogP contribution in [-0.2, 0) is 0 Å². The number of aliphatic hydroxyl groups is 1. The Hall–Kier alpha value is -1.08. The van der Waals surface area contributed by atoms with Gasteiger partial charge in [0.05, 0.1) is 5.60 Å². The van der Waals surface area contributed by atoms with E-state index in [4.69, 9.17) is 0 Å². The third kappa shape index (κ3) is 3.43. The van der Waals surface area contributed by atoms with Crippen molar-refractivity contribution in [1.29, 1.82) is 0 Å². The summed E-state index contributed by atoms with van der Waals surface area (Å²) >= 11 is 0. The maximum Gasteiger partial charge on any atom is 0.0777 e. The highest BCUT2D eigenvalue weighted by molar-refractivity contribution is 5.64. The summed E-state index contributed by atoms with van der Waals surface area (Å²) in [5, 5.41) is 9.57. The second kappa shape index (κ2) is 3.75. The highest BCUT2D eigenvalue weighted by Gasteiger charge is 2.08. The van der Waals surface area contributed by atoms with Gasteiger partial charge in [-0.05, 0) is 31.9 Å². The molecule has 1 aromatic rings. The molecular weight excluding hydrogens is 160 g/mol. The zero-order chi connectivity index (χ0) is 9.90. The Morgan fingerprint density at radius 3 is 2.23 bits per heavy atom. The van der Waals surface area contributed by atoms with Gasteiger partial charge in [0, 0.05) is 0 Å². The molecule has 0 spiro atoms.